The molecule has 182 valence electrons. The van der Waals surface area contributed by atoms with E-state index in [4.69, 9.17) is 9.72 Å². The van der Waals surface area contributed by atoms with Crippen LogP contribution in [0.2, 0.25) is 0 Å². The van der Waals surface area contributed by atoms with Gasteiger partial charge in [0.2, 0.25) is 5.91 Å². The van der Waals surface area contributed by atoms with Gasteiger partial charge in [-0.15, -0.1) is 11.3 Å². The summed E-state index contributed by atoms with van der Waals surface area (Å²) < 4.78 is 6.01. The third-order valence-corrected chi connectivity index (χ3v) is 7.17. The van der Waals surface area contributed by atoms with Crippen molar-refractivity contribution in [2.75, 3.05) is 10.2 Å². The minimum atomic E-state index is -0.735. The van der Waals surface area contributed by atoms with E-state index in [-0.39, 0.29) is 11.8 Å². The zero-order chi connectivity index (χ0) is 25.2. The number of aryl methyl sites for hydroxylation is 1. The van der Waals surface area contributed by atoms with E-state index in [1.165, 1.54) is 0 Å². The van der Waals surface area contributed by atoms with E-state index >= 15 is 0 Å². The van der Waals surface area contributed by atoms with E-state index < -0.39 is 12.1 Å². The second-order valence-corrected chi connectivity index (χ2v) is 9.70. The number of ether oxygens (including phenoxy) is 1. The van der Waals surface area contributed by atoms with Gasteiger partial charge in [-0.25, -0.2) is 4.98 Å². The Labute approximate surface area is 214 Å². The third kappa shape index (κ3) is 4.62. The fourth-order valence-electron chi connectivity index (χ4n) is 4.22. The van der Waals surface area contributed by atoms with E-state index in [1.807, 2.05) is 92.0 Å². The Kier molecular flexibility index (Phi) is 6.57. The lowest BCUT2D eigenvalue weighted by atomic mass is 10.0. The molecule has 0 saturated heterocycles. The van der Waals surface area contributed by atoms with Gasteiger partial charge in [-0.1, -0.05) is 55.0 Å². The van der Waals surface area contributed by atoms with Gasteiger partial charge >= 0.3 is 0 Å². The normalized spacial score (nSPS) is 15.7. The Morgan fingerprint density at radius 2 is 1.83 bits per heavy atom. The summed E-state index contributed by atoms with van der Waals surface area (Å²) in [4.78, 5) is 33.0. The van der Waals surface area contributed by atoms with Crippen molar-refractivity contribution in [3.05, 3.63) is 83.7 Å². The van der Waals surface area contributed by atoms with E-state index in [2.05, 4.69) is 5.32 Å². The number of hydrogen-bond donors (Lipinski definition) is 1. The molecule has 2 amide bonds. The number of nitrogens with zero attached hydrogens (tertiary/aromatic N) is 2. The minimum Gasteiger partial charge on any atom is -0.478 e. The number of aromatic nitrogens is 1. The smallest absolute Gasteiger partial charge is 0.268 e. The molecule has 0 aliphatic carbocycles. The molecule has 1 aliphatic rings. The quantitative estimate of drug-likeness (QED) is 0.339. The molecule has 1 aliphatic heterocycles. The molecule has 0 radical (unpaired) electrons. The van der Waals surface area contributed by atoms with Crippen LogP contribution in [0.5, 0.6) is 5.75 Å². The van der Waals surface area contributed by atoms with Crippen LogP contribution in [0.15, 0.2) is 78.2 Å². The van der Waals surface area contributed by atoms with Crippen molar-refractivity contribution in [3.63, 3.8) is 0 Å². The Morgan fingerprint density at radius 3 is 2.56 bits per heavy atom. The first-order valence-corrected chi connectivity index (χ1v) is 12.8. The maximum atomic E-state index is 13.4. The zero-order valence-electron chi connectivity index (χ0n) is 20.4. The summed E-state index contributed by atoms with van der Waals surface area (Å²) >= 11 is 1.57. The van der Waals surface area contributed by atoms with Gasteiger partial charge in [0.05, 0.1) is 11.4 Å². The minimum absolute atomic E-state index is 0.225. The highest BCUT2D eigenvalue weighted by Gasteiger charge is 2.38. The molecule has 0 spiro atoms. The molecule has 7 heteroatoms. The van der Waals surface area contributed by atoms with E-state index in [9.17, 15) is 9.59 Å². The first-order valence-electron chi connectivity index (χ1n) is 12.0. The van der Waals surface area contributed by atoms with Crippen LogP contribution in [0.4, 0.5) is 11.4 Å². The molecule has 2 unspecified atom stereocenters. The predicted octanol–water partition coefficient (Wildman–Crippen LogP) is 6.32. The highest BCUT2D eigenvalue weighted by atomic mass is 32.1. The summed E-state index contributed by atoms with van der Waals surface area (Å²) in [6.45, 7) is 5.63. The molecule has 36 heavy (non-hydrogen) atoms. The Morgan fingerprint density at radius 1 is 1.08 bits per heavy atom. The van der Waals surface area contributed by atoms with Crippen molar-refractivity contribution < 1.29 is 14.3 Å². The van der Waals surface area contributed by atoms with Crippen LogP contribution in [0, 0.1) is 6.92 Å². The average molecular weight is 498 g/mol. The predicted molar refractivity (Wildman–Crippen MR) is 144 cm³/mol. The lowest BCUT2D eigenvalue weighted by Crippen LogP contribution is -2.53. The van der Waals surface area contributed by atoms with Crippen molar-refractivity contribution in [1.82, 2.24) is 4.98 Å². The lowest BCUT2D eigenvalue weighted by Gasteiger charge is -2.37. The molecule has 1 aromatic heterocycles. The number of nitrogens with one attached hydrogen (secondary N) is 1. The van der Waals surface area contributed by atoms with Gasteiger partial charge in [0.1, 0.15) is 16.8 Å². The number of anilines is 2. The molecule has 3 aromatic carbocycles. The maximum absolute atomic E-state index is 13.4. The molecule has 2 heterocycles. The van der Waals surface area contributed by atoms with Crippen LogP contribution in [0.3, 0.4) is 0 Å². The Hall–Kier alpha value is -3.97. The van der Waals surface area contributed by atoms with Crippen LogP contribution in [0.1, 0.15) is 25.8 Å². The van der Waals surface area contributed by atoms with Crippen molar-refractivity contribution in [2.24, 2.45) is 0 Å². The molecule has 0 saturated carbocycles. The van der Waals surface area contributed by atoms with E-state index in [0.29, 0.717) is 23.5 Å². The van der Waals surface area contributed by atoms with Crippen LogP contribution in [-0.2, 0) is 9.59 Å². The number of thiazole rings is 1. The fraction of sp³-hybridized carbons (Fsp3) is 0.207. The lowest BCUT2D eigenvalue weighted by molar-refractivity contribution is -0.129. The second kappa shape index (κ2) is 9.95. The fourth-order valence-corrected chi connectivity index (χ4v) is 5.06. The van der Waals surface area contributed by atoms with Crippen molar-refractivity contribution in [3.8, 4) is 27.6 Å². The summed E-state index contributed by atoms with van der Waals surface area (Å²) in [6, 6.07) is 22.6. The second-order valence-electron chi connectivity index (χ2n) is 8.84. The number of carbonyl (C=O) groups excluding carboxylic acids is 2. The number of carbonyl (C=O) groups is 2. The number of amides is 2. The Balaban J connectivity index is 1.47. The molecule has 1 N–H and O–H groups in total. The van der Waals surface area contributed by atoms with Gasteiger partial charge in [0, 0.05) is 22.2 Å². The molecule has 0 bridgehead atoms. The summed E-state index contributed by atoms with van der Waals surface area (Å²) in [5.41, 5.74) is 5.09. The molecule has 2 atom stereocenters. The number of hydrogen-bond acceptors (Lipinski definition) is 5. The largest absolute Gasteiger partial charge is 0.478 e. The van der Waals surface area contributed by atoms with Crippen molar-refractivity contribution in [2.45, 2.75) is 39.3 Å². The van der Waals surface area contributed by atoms with Gasteiger partial charge in [0.15, 0.2) is 6.10 Å². The summed E-state index contributed by atoms with van der Waals surface area (Å²) in [5.74, 6) is 0.0935. The van der Waals surface area contributed by atoms with Gasteiger partial charge in [-0.05, 0) is 50.6 Å². The van der Waals surface area contributed by atoms with Crippen LogP contribution in [-0.4, -0.2) is 28.9 Å². The molecule has 4 aromatic rings. The van der Waals surface area contributed by atoms with Gasteiger partial charge in [0.25, 0.3) is 5.91 Å². The highest BCUT2D eigenvalue weighted by molar-refractivity contribution is 7.13. The summed E-state index contributed by atoms with van der Waals surface area (Å²) in [7, 11) is 0. The van der Waals surface area contributed by atoms with Crippen LogP contribution >= 0.6 is 11.3 Å². The first kappa shape index (κ1) is 23.8. The van der Waals surface area contributed by atoms with Crippen molar-refractivity contribution >= 4 is 34.5 Å². The monoisotopic (exact) mass is 497 g/mol. The topological polar surface area (TPSA) is 71.5 Å². The summed E-state index contributed by atoms with van der Waals surface area (Å²) in [6.07, 6.45) is -0.128. The summed E-state index contributed by atoms with van der Waals surface area (Å²) in [5, 5.41) is 5.86. The standard InChI is InChI=1S/C29H27N3O3S/c1-4-25-29(34)32(19(3)27(33)30-22-13-10-18(2)11-14-22)24-16-21(12-15-26(24)35-25)23-17-36-28(31-23)20-8-6-5-7-9-20/h5-17,19,25H,4H2,1-3H3,(H,30,33). The van der Waals surface area contributed by atoms with Crippen LogP contribution < -0.4 is 15.0 Å². The zero-order valence-corrected chi connectivity index (χ0v) is 21.2. The molecule has 6 nitrogen and oxygen atoms in total. The number of benzene rings is 3. The van der Waals surface area contributed by atoms with Crippen molar-refractivity contribution in [1.29, 1.82) is 0 Å². The highest BCUT2D eigenvalue weighted by Crippen LogP contribution is 2.40. The van der Waals surface area contributed by atoms with Gasteiger partial charge < -0.3 is 10.1 Å². The Bertz CT molecular complexity index is 1400. The molecular weight excluding hydrogens is 470 g/mol. The average Bonchev–Trinajstić information content (AvgIpc) is 3.40. The number of fused-ring (bicyclic) bond motifs is 1. The van der Waals surface area contributed by atoms with Gasteiger partial charge in [-0.3, -0.25) is 14.5 Å². The van der Waals surface area contributed by atoms with Crippen LogP contribution in [0.25, 0.3) is 21.8 Å². The first-order chi connectivity index (χ1) is 17.4. The third-order valence-electron chi connectivity index (χ3n) is 6.28. The van der Waals surface area contributed by atoms with Gasteiger partial charge in [-0.2, -0.15) is 0 Å². The van der Waals surface area contributed by atoms with E-state index in [1.54, 1.807) is 23.2 Å². The maximum Gasteiger partial charge on any atom is 0.268 e. The molecule has 0 fully saturated rings. The van der Waals surface area contributed by atoms with E-state index in [0.717, 1.165) is 27.4 Å². The molecule has 5 rings (SSSR count). The molecular formula is C29H27N3O3S. The number of rotatable bonds is 6. The SMILES string of the molecule is CCC1Oc2ccc(-c3csc(-c4ccccc4)n3)cc2N(C(C)C(=O)Nc2ccc(C)cc2)C1=O.